The molecule has 1 aromatic carbocycles. The number of nitrogens with one attached hydrogen (secondary N) is 3. The molecule has 1 atom stereocenters. The number of halogens is 1. The highest BCUT2D eigenvalue weighted by molar-refractivity contribution is 6.01. The minimum absolute atomic E-state index is 0. The van der Waals surface area contributed by atoms with E-state index in [1.807, 2.05) is 30.5 Å². The van der Waals surface area contributed by atoms with Gasteiger partial charge in [-0.25, -0.2) is 0 Å². The van der Waals surface area contributed by atoms with Crippen LogP contribution in [0.5, 0.6) is 0 Å². The minimum atomic E-state index is 0. The maximum absolute atomic E-state index is 12.3. The second-order valence-corrected chi connectivity index (χ2v) is 6.06. The highest BCUT2D eigenvalue weighted by Gasteiger charge is 2.22. The monoisotopic (exact) mass is 321 g/mol. The van der Waals surface area contributed by atoms with Gasteiger partial charge in [-0.05, 0) is 56.0 Å². The molecule has 3 rings (SSSR count). The third kappa shape index (κ3) is 3.81. The van der Waals surface area contributed by atoms with Gasteiger partial charge in [-0.1, -0.05) is 13.0 Å². The van der Waals surface area contributed by atoms with Gasteiger partial charge in [-0.15, -0.1) is 12.4 Å². The molecular weight excluding hydrogens is 298 g/mol. The van der Waals surface area contributed by atoms with E-state index < -0.39 is 0 Å². The second-order valence-electron chi connectivity index (χ2n) is 6.06. The summed E-state index contributed by atoms with van der Waals surface area (Å²) in [5.74, 6) is 1.23. The lowest BCUT2D eigenvalue weighted by molar-refractivity contribution is -0.117. The molecule has 0 spiro atoms. The normalized spacial score (nSPS) is 17.0. The summed E-state index contributed by atoms with van der Waals surface area (Å²) < 4.78 is 0. The predicted molar refractivity (Wildman–Crippen MR) is 93.6 cm³/mol. The first-order chi connectivity index (χ1) is 10.2. The number of carbonyl (C=O) groups is 1. The number of aromatic amines is 1. The topological polar surface area (TPSA) is 56.9 Å². The van der Waals surface area contributed by atoms with Crippen LogP contribution in [-0.4, -0.2) is 24.0 Å². The van der Waals surface area contributed by atoms with E-state index in [0.29, 0.717) is 18.3 Å². The number of H-pyrrole nitrogens is 1. The van der Waals surface area contributed by atoms with Crippen LogP contribution in [0.4, 0.5) is 5.69 Å². The maximum Gasteiger partial charge on any atom is 0.224 e. The molecule has 0 aliphatic carbocycles. The van der Waals surface area contributed by atoms with Crippen molar-refractivity contribution in [3.05, 3.63) is 30.5 Å². The van der Waals surface area contributed by atoms with Crippen molar-refractivity contribution in [1.82, 2.24) is 10.3 Å². The Bertz CT molecular complexity index is 619. The van der Waals surface area contributed by atoms with E-state index in [2.05, 4.69) is 22.5 Å². The van der Waals surface area contributed by atoms with Gasteiger partial charge in [-0.2, -0.15) is 0 Å². The molecular formula is C17H24ClN3O. The van der Waals surface area contributed by atoms with Crippen LogP contribution in [0, 0.1) is 11.8 Å². The molecule has 0 radical (unpaired) electrons. The zero-order chi connectivity index (χ0) is 14.7. The first-order valence-corrected chi connectivity index (χ1v) is 7.80. The number of anilines is 1. The van der Waals surface area contributed by atoms with Gasteiger partial charge in [0.2, 0.25) is 5.91 Å². The molecule has 1 saturated heterocycles. The van der Waals surface area contributed by atoms with Crippen LogP contribution in [0.25, 0.3) is 10.9 Å². The molecule has 120 valence electrons. The van der Waals surface area contributed by atoms with Crippen LogP contribution in [0.3, 0.4) is 0 Å². The Balaban J connectivity index is 0.00000176. The summed E-state index contributed by atoms with van der Waals surface area (Å²) in [7, 11) is 0. The fraction of sp³-hybridized carbons (Fsp3) is 0.471. The van der Waals surface area contributed by atoms with Crippen LogP contribution >= 0.6 is 12.4 Å². The average molecular weight is 322 g/mol. The van der Waals surface area contributed by atoms with Crippen molar-refractivity contribution in [3.63, 3.8) is 0 Å². The number of piperidine rings is 1. The Morgan fingerprint density at radius 1 is 1.32 bits per heavy atom. The molecule has 1 amide bonds. The summed E-state index contributed by atoms with van der Waals surface area (Å²) in [6, 6.07) is 7.94. The van der Waals surface area contributed by atoms with E-state index in [1.165, 1.54) is 12.8 Å². The molecule has 5 heteroatoms. The molecule has 2 aromatic rings. The summed E-state index contributed by atoms with van der Waals surface area (Å²) in [6.07, 6.45) is 4.87. The highest BCUT2D eigenvalue weighted by Crippen LogP contribution is 2.26. The van der Waals surface area contributed by atoms with Crippen LogP contribution in [0.15, 0.2) is 30.5 Å². The first kappa shape index (κ1) is 16.8. The number of carbonyl (C=O) groups excluding carboxylic acids is 1. The quantitative estimate of drug-likeness (QED) is 0.806. The number of hydrogen-bond acceptors (Lipinski definition) is 2. The summed E-state index contributed by atoms with van der Waals surface area (Å²) in [4.78, 5) is 15.5. The lowest BCUT2D eigenvalue weighted by atomic mass is 9.84. The number of rotatable bonds is 4. The van der Waals surface area contributed by atoms with Gasteiger partial charge in [0, 0.05) is 23.5 Å². The van der Waals surface area contributed by atoms with Gasteiger partial charge < -0.3 is 15.6 Å². The Morgan fingerprint density at radius 3 is 2.86 bits per heavy atom. The first-order valence-electron chi connectivity index (χ1n) is 7.80. The molecule has 2 heterocycles. The summed E-state index contributed by atoms with van der Waals surface area (Å²) in [5, 5.41) is 7.51. The third-order valence-corrected chi connectivity index (χ3v) is 4.56. The van der Waals surface area contributed by atoms with Crippen LogP contribution in [0.2, 0.25) is 0 Å². The van der Waals surface area contributed by atoms with Gasteiger partial charge in [0.1, 0.15) is 0 Å². The highest BCUT2D eigenvalue weighted by atomic mass is 35.5. The molecule has 1 aromatic heterocycles. The zero-order valence-electron chi connectivity index (χ0n) is 12.9. The van der Waals surface area contributed by atoms with Gasteiger partial charge >= 0.3 is 0 Å². The van der Waals surface area contributed by atoms with Gasteiger partial charge in [0.25, 0.3) is 0 Å². The number of amides is 1. The van der Waals surface area contributed by atoms with Crippen LogP contribution < -0.4 is 10.6 Å². The van der Waals surface area contributed by atoms with Crippen molar-refractivity contribution in [2.24, 2.45) is 11.8 Å². The van der Waals surface area contributed by atoms with E-state index in [0.717, 1.165) is 29.7 Å². The standard InChI is InChI=1S/C17H23N3O.ClH/c1-12(13-5-8-18-9-6-13)11-17(21)20-16-4-2-3-15-14(16)7-10-19-15;/h2-4,7,10,12-13,18-19H,5-6,8-9,11H2,1H3,(H,20,21);1H. The van der Waals surface area contributed by atoms with E-state index in [9.17, 15) is 4.79 Å². The Morgan fingerprint density at radius 2 is 2.09 bits per heavy atom. The fourth-order valence-corrected chi connectivity index (χ4v) is 3.27. The lowest BCUT2D eigenvalue weighted by Gasteiger charge is -2.27. The second kappa shape index (κ2) is 7.65. The van der Waals surface area contributed by atoms with Crippen molar-refractivity contribution in [1.29, 1.82) is 0 Å². The molecule has 22 heavy (non-hydrogen) atoms. The maximum atomic E-state index is 12.3. The lowest BCUT2D eigenvalue weighted by Crippen LogP contribution is -2.32. The largest absolute Gasteiger partial charge is 0.361 e. The molecule has 1 unspecified atom stereocenters. The number of benzene rings is 1. The van der Waals surface area contributed by atoms with Gasteiger partial charge in [0.15, 0.2) is 0 Å². The zero-order valence-corrected chi connectivity index (χ0v) is 13.7. The molecule has 0 saturated carbocycles. The Labute approximate surface area is 137 Å². The Hall–Kier alpha value is -1.52. The van der Waals surface area contributed by atoms with Crippen molar-refractivity contribution >= 4 is 34.9 Å². The van der Waals surface area contributed by atoms with E-state index in [-0.39, 0.29) is 18.3 Å². The smallest absolute Gasteiger partial charge is 0.224 e. The van der Waals surface area contributed by atoms with E-state index in [1.54, 1.807) is 0 Å². The van der Waals surface area contributed by atoms with Crippen molar-refractivity contribution in [2.45, 2.75) is 26.2 Å². The van der Waals surface area contributed by atoms with Crippen molar-refractivity contribution < 1.29 is 4.79 Å². The molecule has 1 aliphatic rings. The van der Waals surface area contributed by atoms with Crippen LogP contribution in [0.1, 0.15) is 26.2 Å². The van der Waals surface area contributed by atoms with Crippen molar-refractivity contribution in [3.8, 4) is 0 Å². The van der Waals surface area contributed by atoms with Crippen molar-refractivity contribution in [2.75, 3.05) is 18.4 Å². The number of fused-ring (bicyclic) bond motifs is 1. The van der Waals surface area contributed by atoms with Gasteiger partial charge in [0.05, 0.1) is 5.69 Å². The third-order valence-electron chi connectivity index (χ3n) is 4.56. The fourth-order valence-electron chi connectivity index (χ4n) is 3.27. The number of hydrogen-bond donors (Lipinski definition) is 3. The molecule has 1 fully saturated rings. The molecule has 4 nitrogen and oxygen atoms in total. The summed E-state index contributed by atoms with van der Waals surface area (Å²) in [6.45, 7) is 4.37. The average Bonchev–Trinajstić information content (AvgIpc) is 2.97. The van der Waals surface area contributed by atoms with E-state index in [4.69, 9.17) is 0 Å². The Kier molecular flexibility index (Phi) is 5.86. The van der Waals surface area contributed by atoms with E-state index >= 15 is 0 Å². The SMILES string of the molecule is CC(CC(=O)Nc1cccc2[nH]ccc12)C1CCNCC1.Cl. The molecule has 0 bridgehead atoms. The molecule has 3 N–H and O–H groups in total. The summed E-state index contributed by atoms with van der Waals surface area (Å²) >= 11 is 0. The molecule has 1 aliphatic heterocycles. The van der Waals surface area contributed by atoms with Gasteiger partial charge in [-0.3, -0.25) is 4.79 Å². The minimum Gasteiger partial charge on any atom is -0.361 e. The predicted octanol–water partition coefficient (Wildman–Crippen LogP) is 3.55. The van der Waals surface area contributed by atoms with Crippen LogP contribution in [-0.2, 0) is 4.79 Å². The summed E-state index contributed by atoms with van der Waals surface area (Å²) in [5.41, 5.74) is 1.95. The number of aromatic nitrogens is 1.